The van der Waals surface area contributed by atoms with Gasteiger partial charge in [-0.2, -0.15) is 0 Å². The second kappa shape index (κ2) is 5.53. The van der Waals surface area contributed by atoms with Gasteiger partial charge in [0.15, 0.2) is 5.75 Å². The van der Waals surface area contributed by atoms with E-state index in [2.05, 4.69) is 20.8 Å². The van der Waals surface area contributed by atoms with Gasteiger partial charge in [0, 0.05) is 6.07 Å². The lowest BCUT2D eigenvalue weighted by Gasteiger charge is -2.23. The Morgan fingerprint density at radius 2 is 1.75 bits per heavy atom. The Labute approximate surface area is 119 Å². The minimum Gasteiger partial charge on any atom is -0.455 e. The highest BCUT2D eigenvalue weighted by molar-refractivity contribution is 5.54. The molecule has 0 fully saturated rings. The predicted molar refractivity (Wildman–Crippen MR) is 80.6 cm³/mol. The zero-order valence-electron chi connectivity index (χ0n) is 12.1. The summed E-state index contributed by atoms with van der Waals surface area (Å²) in [6, 6.07) is 11.9. The van der Waals surface area contributed by atoms with Crippen molar-refractivity contribution in [1.29, 1.82) is 0 Å². The number of halogens is 1. The van der Waals surface area contributed by atoms with Crippen molar-refractivity contribution >= 4 is 5.69 Å². The van der Waals surface area contributed by atoms with Gasteiger partial charge < -0.3 is 10.5 Å². The highest BCUT2D eigenvalue weighted by atomic mass is 19.1. The Kier molecular flexibility index (Phi) is 3.98. The zero-order chi connectivity index (χ0) is 14.8. The molecule has 0 heterocycles. The first-order valence-corrected chi connectivity index (χ1v) is 6.76. The summed E-state index contributed by atoms with van der Waals surface area (Å²) in [6.07, 6.45) is 1.06. The van der Waals surface area contributed by atoms with Crippen LogP contribution >= 0.6 is 0 Å². The van der Waals surface area contributed by atoms with E-state index in [1.807, 2.05) is 24.3 Å². The molecule has 0 saturated carbocycles. The Balaban J connectivity index is 2.21. The predicted octanol–water partition coefficient (Wildman–Crippen LogP) is 4.89. The van der Waals surface area contributed by atoms with Crippen molar-refractivity contribution in [3.63, 3.8) is 0 Å². The van der Waals surface area contributed by atoms with Crippen LogP contribution in [0.4, 0.5) is 10.1 Å². The van der Waals surface area contributed by atoms with Crippen LogP contribution in [0.2, 0.25) is 0 Å². The summed E-state index contributed by atoms with van der Waals surface area (Å²) in [7, 11) is 0. The van der Waals surface area contributed by atoms with Crippen LogP contribution in [0.5, 0.6) is 11.5 Å². The molecule has 0 bridgehead atoms. The van der Waals surface area contributed by atoms with E-state index in [0.717, 1.165) is 6.42 Å². The van der Waals surface area contributed by atoms with Gasteiger partial charge in [0.05, 0.1) is 5.69 Å². The molecule has 0 aliphatic heterocycles. The lowest BCUT2D eigenvalue weighted by atomic mass is 9.82. The molecule has 0 aromatic heterocycles. The van der Waals surface area contributed by atoms with Gasteiger partial charge in [-0.15, -0.1) is 0 Å². The van der Waals surface area contributed by atoms with Gasteiger partial charge in [-0.3, -0.25) is 0 Å². The highest BCUT2D eigenvalue weighted by Gasteiger charge is 2.17. The van der Waals surface area contributed by atoms with Crippen LogP contribution in [0.25, 0.3) is 0 Å². The van der Waals surface area contributed by atoms with Gasteiger partial charge in [0.1, 0.15) is 11.6 Å². The molecule has 0 aliphatic rings. The fourth-order valence-electron chi connectivity index (χ4n) is 1.90. The molecule has 2 aromatic carbocycles. The number of nitrogens with two attached hydrogens (primary N) is 1. The fourth-order valence-corrected chi connectivity index (χ4v) is 1.90. The first-order chi connectivity index (χ1) is 9.42. The summed E-state index contributed by atoms with van der Waals surface area (Å²) in [5.41, 5.74) is 7.57. The minimum absolute atomic E-state index is 0.135. The van der Waals surface area contributed by atoms with E-state index in [9.17, 15) is 4.39 Å². The number of rotatable bonds is 4. The van der Waals surface area contributed by atoms with Crippen LogP contribution in [0.15, 0.2) is 42.5 Å². The summed E-state index contributed by atoms with van der Waals surface area (Å²) < 4.78 is 18.8. The van der Waals surface area contributed by atoms with Crippen molar-refractivity contribution in [2.45, 2.75) is 32.6 Å². The van der Waals surface area contributed by atoms with E-state index in [1.54, 1.807) is 0 Å². The normalized spacial score (nSPS) is 11.4. The number of ether oxygens (including phenoxy) is 1. The van der Waals surface area contributed by atoms with Crippen LogP contribution < -0.4 is 10.5 Å². The van der Waals surface area contributed by atoms with E-state index in [4.69, 9.17) is 10.5 Å². The molecule has 0 amide bonds. The van der Waals surface area contributed by atoms with E-state index in [1.165, 1.54) is 23.8 Å². The maximum absolute atomic E-state index is 13.2. The number of hydrogen-bond acceptors (Lipinski definition) is 2. The highest BCUT2D eigenvalue weighted by Crippen LogP contribution is 2.31. The third kappa shape index (κ3) is 3.10. The molecule has 0 saturated heterocycles. The van der Waals surface area contributed by atoms with Crippen molar-refractivity contribution in [2.75, 3.05) is 5.73 Å². The van der Waals surface area contributed by atoms with Crippen LogP contribution in [-0.4, -0.2) is 0 Å². The van der Waals surface area contributed by atoms with Gasteiger partial charge in [0.2, 0.25) is 0 Å². The zero-order valence-corrected chi connectivity index (χ0v) is 12.1. The summed E-state index contributed by atoms with van der Waals surface area (Å²) in [4.78, 5) is 0. The van der Waals surface area contributed by atoms with Crippen molar-refractivity contribution in [2.24, 2.45) is 0 Å². The molecule has 2 aromatic rings. The van der Waals surface area contributed by atoms with Crippen molar-refractivity contribution < 1.29 is 9.13 Å². The molecule has 2 nitrogen and oxygen atoms in total. The van der Waals surface area contributed by atoms with Gasteiger partial charge in [0.25, 0.3) is 0 Å². The SMILES string of the molecule is CCC(C)(C)c1ccc(Oc2cc(F)ccc2N)cc1. The minimum atomic E-state index is -0.363. The Morgan fingerprint density at radius 1 is 1.10 bits per heavy atom. The van der Waals surface area contributed by atoms with Gasteiger partial charge >= 0.3 is 0 Å². The Bertz CT molecular complexity index is 590. The summed E-state index contributed by atoms with van der Waals surface area (Å²) in [5.74, 6) is 0.628. The van der Waals surface area contributed by atoms with Gasteiger partial charge in [-0.1, -0.05) is 32.9 Å². The van der Waals surface area contributed by atoms with Crippen LogP contribution in [0.3, 0.4) is 0 Å². The lowest BCUT2D eigenvalue weighted by Crippen LogP contribution is -2.14. The molecule has 0 radical (unpaired) electrons. The molecular weight excluding hydrogens is 253 g/mol. The Morgan fingerprint density at radius 3 is 2.35 bits per heavy atom. The summed E-state index contributed by atoms with van der Waals surface area (Å²) in [5, 5.41) is 0. The van der Waals surface area contributed by atoms with Crippen LogP contribution in [-0.2, 0) is 5.41 Å². The van der Waals surface area contributed by atoms with E-state index in [-0.39, 0.29) is 11.2 Å². The van der Waals surface area contributed by atoms with E-state index < -0.39 is 0 Å². The number of benzene rings is 2. The molecule has 0 aliphatic carbocycles. The smallest absolute Gasteiger partial charge is 0.153 e. The van der Waals surface area contributed by atoms with Gasteiger partial charge in [-0.25, -0.2) is 4.39 Å². The number of nitrogen functional groups attached to an aromatic ring is 1. The first kappa shape index (κ1) is 14.4. The Hall–Kier alpha value is -2.03. The monoisotopic (exact) mass is 273 g/mol. The molecule has 3 heteroatoms. The third-order valence-electron chi connectivity index (χ3n) is 3.72. The van der Waals surface area contributed by atoms with E-state index >= 15 is 0 Å². The molecular formula is C17H20FNO. The third-order valence-corrected chi connectivity index (χ3v) is 3.72. The fraction of sp³-hybridized carbons (Fsp3) is 0.294. The molecule has 0 unspecified atom stereocenters. The molecule has 2 N–H and O–H groups in total. The van der Waals surface area contributed by atoms with Crippen LogP contribution in [0.1, 0.15) is 32.8 Å². The molecule has 0 spiro atoms. The van der Waals surface area contributed by atoms with Crippen molar-refractivity contribution in [3.8, 4) is 11.5 Å². The van der Waals surface area contributed by atoms with Crippen molar-refractivity contribution in [3.05, 3.63) is 53.8 Å². The second-order valence-electron chi connectivity index (χ2n) is 5.55. The average Bonchev–Trinajstić information content (AvgIpc) is 2.43. The lowest BCUT2D eigenvalue weighted by molar-refractivity contribution is 0.475. The maximum Gasteiger partial charge on any atom is 0.153 e. The van der Waals surface area contributed by atoms with Crippen LogP contribution in [0, 0.1) is 5.82 Å². The maximum atomic E-state index is 13.2. The van der Waals surface area contributed by atoms with E-state index in [0.29, 0.717) is 17.2 Å². The second-order valence-corrected chi connectivity index (χ2v) is 5.55. The molecule has 0 atom stereocenters. The standard InChI is InChI=1S/C17H20FNO/c1-4-17(2,3)12-5-8-14(9-6-12)20-16-11-13(18)7-10-15(16)19/h5-11H,4,19H2,1-3H3. The topological polar surface area (TPSA) is 35.2 Å². The first-order valence-electron chi connectivity index (χ1n) is 6.76. The van der Waals surface area contributed by atoms with Crippen molar-refractivity contribution in [1.82, 2.24) is 0 Å². The molecule has 20 heavy (non-hydrogen) atoms. The quantitative estimate of drug-likeness (QED) is 0.805. The molecule has 106 valence electrons. The largest absolute Gasteiger partial charge is 0.455 e. The van der Waals surface area contributed by atoms with Gasteiger partial charge in [-0.05, 0) is 41.7 Å². The summed E-state index contributed by atoms with van der Waals surface area (Å²) >= 11 is 0. The summed E-state index contributed by atoms with van der Waals surface area (Å²) in [6.45, 7) is 6.57. The average molecular weight is 273 g/mol. The number of anilines is 1. The number of hydrogen-bond donors (Lipinski definition) is 1. The molecule has 2 rings (SSSR count).